The van der Waals surface area contributed by atoms with Crippen LogP contribution in [0.15, 0.2) is 0 Å². The van der Waals surface area contributed by atoms with Crippen molar-refractivity contribution in [2.24, 2.45) is 0 Å². The van der Waals surface area contributed by atoms with E-state index in [0.717, 1.165) is 0 Å². The van der Waals surface area contributed by atoms with Crippen molar-refractivity contribution in [3.63, 3.8) is 0 Å². The molecule has 0 saturated carbocycles. The van der Waals surface area contributed by atoms with Crippen LogP contribution in [0.25, 0.3) is 0 Å². The highest BCUT2D eigenvalue weighted by Gasteiger charge is 2.85. The third-order valence-corrected chi connectivity index (χ3v) is 2.94. The van der Waals surface area contributed by atoms with Crippen molar-refractivity contribution in [3.8, 4) is 0 Å². The average Bonchev–Trinajstić information content (AvgIpc) is 2.27. The van der Waals surface area contributed by atoms with Gasteiger partial charge in [0, 0.05) is 20.2 Å². The van der Waals surface area contributed by atoms with Gasteiger partial charge in [-0.3, -0.25) is 0 Å². The standard InChI is InChI=1S/C9H11F8NO2/c1-19-6(7(10,11)12,8(13,14)15)9(16,17)18-2-4-20-5-3-18/h2-5H2,1H3. The Balaban J connectivity index is 3.35. The molecule has 0 N–H and O–H groups in total. The Morgan fingerprint density at radius 1 is 0.850 bits per heavy atom. The third kappa shape index (κ3) is 2.46. The van der Waals surface area contributed by atoms with Crippen LogP contribution in [-0.4, -0.2) is 62.3 Å². The molecule has 1 aliphatic rings. The summed E-state index contributed by atoms with van der Waals surface area (Å²) >= 11 is 0. The lowest BCUT2D eigenvalue weighted by Gasteiger charge is -2.46. The van der Waals surface area contributed by atoms with Gasteiger partial charge in [0.05, 0.1) is 13.2 Å². The number of nitrogens with zero attached hydrogens (tertiary/aromatic N) is 1. The number of hydrogen-bond donors (Lipinski definition) is 0. The monoisotopic (exact) mass is 317 g/mol. The molecule has 0 aromatic carbocycles. The third-order valence-electron chi connectivity index (χ3n) is 2.94. The molecule has 120 valence electrons. The second-order valence-corrected chi connectivity index (χ2v) is 4.02. The van der Waals surface area contributed by atoms with Gasteiger partial charge in [-0.25, -0.2) is 4.90 Å². The summed E-state index contributed by atoms with van der Waals surface area (Å²) in [4.78, 5) is -0.235. The molecular formula is C9H11F8NO2. The Morgan fingerprint density at radius 2 is 1.25 bits per heavy atom. The number of alkyl halides is 8. The quantitative estimate of drug-likeness (QED) is 0.589. The van der Waals surface area contributed by atoms with E-state index in [1.807, 2.05) is 0 Å². The molecule has 1 fully saturated rings. The first-order chi connectivity index (χ1) is 8.92. The van der Waals surface area contributed by atoms with Crippen LogP contribution in [0.1, 0.15) is 0 Å². The van der Waals surface area contributed by atoms with Crippen molar-refractivity contribution >= 4 is 0 Å². The molecule has 1 saturated heterocycles. The molecule has 0 amide bonds. The van der Waals surface area contributed by atoms with Crippen LogP contribution >= 0.6 is 0 Å². The van der Waals surface area contributed by atoms with Crippen LogP contribution < -0.4 is 0 Å². The van der Waals surface area contributed by atoms with Gasteiger partial charge in [-0.1, -0.05) is 0 Å². The van der Waals surface area contributed by atoms with E-state index in [1.54, 1.807) is 0 Å². The van der Waals surface area contributed by atoms with Crippen LogP contribution in [0.4, 0.5) is 35.1 Å². The maximum Gasteiger partial charge on any atom is 0.434 e. The molecule has 0 aromatic heterocycles. The predicted molar refractivity (Wildman–Crippen MR) is 49.2 cm³/mol. The summed E-state index contributed by atoms with van der Waals surface area (Å²) in [6.45, 7) is -2.34. The molecule has 0 aromatic rings. The van der Waals surface area contributed by atoms with Crippen molar-refractivity contribution in [2.75, 3.05) is 33.4 Å². The Labute approximate surface area is 108 Å². The van der Waals surface area contributed by atoms with Crippen molar-refractivity contribution in [3.05, 3.63) is 0 Å². The highest BCUT2D eigenvalue weighted by molar-refractivity contribution is 5.06. The van der Waals surface area contributed by atoms with Gasteiger partial charge < -0.3 is 9.47 Å². The molecule has 1 aliphatic heterocycles. The number of morpholine rings is 1. The number of halogens is 8. The molecule has 1 rings (SSSR count). The summed E-state index contributed by atoms with van der Waals surface area (Å²) in [6.07, 6.45) is -12.7. The normalized spacial score (nSPS) is 20.2. The molecule has 1 heterocycles. The van der Waals surface area contributed by atoms with Gasteiger partial charge >= 0.3 is 24.0 Å². The van der Waals surface area contributed by atoms with Gasteiger partial charge in [0.2, 0.25) is 0 Å². The van der Waals surface area contributed by atoms with E-state index >= 15 is 0 Å². The van der Waals surface area contributed by atoms with Crippen LogP contribution in [0.2, 0.25) is 0 Å². The van der Waals surface area contributed by atoms with Crippen molar-refractivity contribution in [2.45, 2.75) is 24.0 Å². The molecule has 0 spiro atoms. The molecule has 11 heteroatoms. The lowest BCUT2D eigenvalue weighted by molar-refractivity contribution is -0.453. The zero-order chi connectivity index (χ0) is 15.8. The summed E-state index contributed by atoms with van der Waals surface area (Å²) in [7, 11) is -0.0463. The summed E-state index contributed by atoms with van der Waals surface area (Å²) in [5.74, 6) is 0. The number of ether oxygens (including phenoxy) is 2. The van der Waals surface area contributed by atoms with Crippen molar-refractivity contribution < 1.29 is 44.6 Å². The van der Waals surface area contributed by atoms with E-state index in [9.17, 15) is 35.1 Å². The van der Waals surface area contributed by atoms with Crippen LogP contribution in [0.3, 0.4) is 0 Å². The van der Waals surface area contributed by atoms with Gasteiger partial charge in [-0.2, -0.15) is 35.1 Å². The Kier molecular flexibility index (Phi) is 4.57. The van der Waals surface area contributed by atoms with Crippen LogP contribution in [0, 0.1) is 0 Å². The Hall–Kier alpha value is -0.680. The fourth-order valence-corrected chi connectivity index (χ4v) is 1.92. The lowest BCUT2D eigenvalue weighted by Crippen LogP contribution is -2.74. The molecule has 0 aliphatic carbocycles. The Morgan fingerprint density at radius 3 is 1.55 bits per heavy atom. The molecule has 0 atom stereocenters. The fraction of sp³-hybridized carbons (Fsp3) is 1.00. The first-order valence-electron chi connectivity index (χ1n) is 5.31. The summed E-state index contributed by atoms with van der Waals surface area (Å²) in [6, 6.07) is -5.32. The van der Waals surface area contributed by atoms with Crippen LogP contribution in [-0.2, 0) is 9.47 Å². The second kappa shape index (κ2) is 5.26. The van der Waals surface area contributed by atoms with E-state index in [2.05, 4.69) is 9.47 Å². The largest absolute Gasteiger partial charge is 0.434 e. The minimum atomic E-state index is -6.35. The zero-order valence-corrected chi connectivity index (χ0v) is 10.1. The smallest absolute Gasteiger partial charge is 0.379 e. The van der Waals surface area contributed by atoms with E-state index in [0.29, 0.717) is 0 Å². The number of methoxy groups -OCH3 is 1. The maximum atomic E-state index is 13.9. The minimum absolute atomic E-state index is 0.0463. The van der Waals surface area contributed by atoms with Gasteiger partial charge in [0.1, 0.15) is 0 Å². The first kappa shape index (κ1) is 17.4. The van der Waals surface area contributed by atoms with E-state index in [1.165, 1.54) is 0 Å². The van der Waals surface area contributed by atoms with Crippen molar-refractivity contribution in [1.29, 1.82) is 0 Å². The molecule has 0 bridgehead atoms. The van der Waals surface area contributed by atoms with Gasteiger partial charge in [0.15, 0.2) is 0 Å². The van der Waals surface area contributed by atoms with Crippen LogP contribution in [0.5, 0.6) is 0 Å². The Bertz CT molecular complexity index is 320. The summed E-state index contributed by atoms with van der Waals surface area (Å²) in [5, 5.41) is 0. The van der Waals surface area contributed by atoms with E-state index < -0.39 is 50.3 Å². The maximum absolute atomic E-state index is 13.9. The first-order valence-corrected chi connectivity index (χ1v) is 5.31. The fourth-order valence-electron chi connectivity index (χ4n) is 1.92. The minimum Gasteiger partial charge on any atom is -0.379 e. The molecule has 0 radical (unpaired) electrons. The predicted octanol–water partition coefficient (Wildman–Crippen LogP) is 2.42. The average molecular weight is 317 g/mol. The summed E-state index contributed by atoms with van der Waals surface area (Å²) < 4.78 is 112. The second-order valence-electron chi connectivity index (χ2n) is 4.02. The zero-order valence-electron chi connectivity index (χ0n) is 10.1. The van der Waals surface area contributed by atoms with Gasteiger partial charge in [-0.05, 0) is 0 Å². The molecule has 20 heavy (non-hydrogen) atoms. The van der Waals surface area contributed by atoms with E-state index in [-0.39, 0.29) is 12.0 Å². The number of rotatable bonds is 3. The van der Waals surface area contributed by atoms with Gasteiger partial charge in [0.25, 0.3) is 0 Å². The van der Waals surface area contributed by atoms with Crippen molar-refractivity contribution in [1.82, 2.24) is 4.90 Å². The topological polar surface area (TPSA) is 21.7 Å². The van der Waals surface area contributed by atoms with E-state index in [4.69, 9.17) is 0 Å². The highest BCUT2D eigenvalue weighted by atomic mass is 19.4. The summed E-state index contributed by atoms with van der Waals surface area (Å²) in [5.41, 5.74) is -5.59. The molecule has 0 unspecified atom stereocenters. The molecular weight excluding hydrogens is 306 g/mol. The highest BCUT2D eigenvalue weighted by Crippen LogP contribution is 2.55. The molecule has 3 nitrogen and oxygen atoms in total. The SMILES string of the molecule is COC(C(F)(F)F)(C(F)(F)F)C(F)(F)N1CCOCC1. The lowest BCUT2D eigenvalue weighted by atomic mass is 9.97. The number of hydrogen-bond acceptors (Lipinski definition) is 3. The van der Waals surface area contributed by atoms with Gasteiger partial charge in [-0.15, -0.1) is 0 Å².